The fourth-order valence-electron chi connectivity index (χ4n) is 8.70. The molecule has 4 amide bonds. The molecule has 4 atom stereocenters. The Labute approximate surface area is 335 Å². The fraction of sp³-hybridized carbons (Fsp3) is 0.476. The van der Waals surface area contributed by atoms with E-state index in [9.17, 15) is 19.2 Å². The van der Waals surface area contributed by atoms with Gasteiger partial charge in [0.2, 0.25) is 11.8 Å². The van der Waals surface area contributed by atoms with Crippen molar-refractivity contribution in [3.8, 4) is 21.0 Å². The summed E-state index contributed by atoms with van der Waals surface area (Å²) in [5.41, 5.74) is 6.23. The van der Waals surface area contributed by atoms with E-state index < -0.39 is 24.3 Å². The van der Waals surface area contributed by atoms with Gasteiger partial charge in [0.15, 0.2) is 0 Å². The molecule has 2 aliphatic heterocycles. The topological polar surface area (TPSA) is 175 Å². The van der Waals surface area contributed by atoms with Crippen molar-refractivity contribution >= 4 is 57.1 Å². The van der Waals surface area contributed by atoms with Gasteiger partial charge in [0, 0.05) is 23.4 Å². The second kappa shape index (κ2) is 15.5. The first kappa shape index (κ1) is 38.4. The summed E-state index contributed by atoms with van der Waals surface area (Å²) in [6.45, 7) is 8.86. The number of fused-ring (bicyclic) bond motifs is 6. The Hall–Kier alpha value is -5.44. The average molecular weight is 795 g/mol. The second-order valence-corrected chi connectivity index (χ2v) is 17.1. The van der Waals surface area contributed by atoms with Crippen LogP contribution in [0.1, 0.15) is 88.4 Å². The van der Waals surface area contributed by atoms with Crippen molar-refractivity contribution in [2.45, 2.75) is 90.4 Å². The van der Waals surface area contributed by atoms with Crippen LogP contribution in [0.3, 0.4) is 0 Å². The maximum Gasteiger partial charge on any atom is 0.407 e. The molecule has 0 unspecified atom stereocenters. The van der Waals surface area contributed by atoms with E-state index in [0.717, 1.165) is 88.9 Å². The Kier molecular flexibility index (Phi) is 10.4. The Bertz CT molecular complexity index is 2360. The highest BCUT2D eigenvalue weighted by Crippen LogP contribution is 2.44. The van der Waals surface area contributed by atoms with Crippen LogP contribution in [0.15, 0.2) is 36.4 Å². The van der Waals surface area contributed by atoms with Crippen LogP contribution in [0.2, 0.25) is 0 Å². The molecule has 4 N–H and O–H groups in total. The molecule has 0 bridgehead atoms. The average Bonchev–Trinajstić information content (AvgIpc) is 4.05. The quantitative estimate of drug-likeness (QED) is 0.123. The van der Waals surface area contributed by atoms with Gasteiger partial charge in [-0.3, -0.25) is 9.59 Å². The normalized spacial score (nSPS) is 18.9. The number of thiophene rings is 1. The molecular formula is C42H50N8O6S. The van der Waals surface area contributed by atoms with Crippen LogP contribution in [0, 0.1) is 11.8 Å². The van der Waals surface area contributed by atoms with Gasteiger partial charge in [-0.25, -0.2) is 19.6 Å². The number of ether oxygens (including phenoxy) is 2. The summed E-state index contributed by atoms with van der Waals surface area (Å²) >= 11 is 1.75. The van der Waals surface area contributed by atoms with E-state index in [0.29, 0.717) is 13.1 Å². The van der Waals surface area contributed by atoms with Gasteiger partial charge in [-0.05, 0) is 85.1 Å². The van der Waals surface area contributed by atoms with Crippen LogP contribution in [0.5, 0.6) is 0 Å². The van der Waals surface area contributed by atoms with Crippen molar-refractivity contribution in [3.63, 3.8) is 0 Å². The Morgan fingerprint density at radius 2 is 1.40 bits per heavy atom. The molecule has 2 fully saturated rings. The molecule has 5 heterocycles. The van der Waals surface area contributed by atoms with Crippen molar-refractivity contribution in [2.75, 3.05) is 27.3 Å². The number of nitrogens with zero attached hydrogens (tertiary/aromatic N) is 4. The monoisotopic (exact) mass is 794 g/mol. The van der Waals surface area contributed by atoms with E-state index in [1.165, 1.54) is 29.5 Å². The molecule has 57 heavy (non-hydrogen) atoms. The maximum atomic E-state index is 13.8. The lowest BCUT2D eigenvalue weighted by Gasteiger charge is -2.30. The van der Waals surface area contributed by atoms with Gasteiger partial charge in [0.1, 0.15) is 23.7 Å². The number of H-pyrrole nitrogens is 2. The summed E-state index contributed by atoms with van der Waals surface area (Å²) in [6.07, 6.45) is 3.76. The van der Waals surface area contributed by atoms with Gasteiger partial charge in [-0.1, -0.05) is 45.9 Å². The largest absolute Gasteiger partial charge is 0.453 e. The zero-order valence-electron chi connectivity index (χ0n) is 33.2. The van der Waals surface area contributed by atoms with Crippen LogP contribution >= 0.6 is 11.3 Å². The minimum absolute atomic E-state index is 0.102. The number of rotatable bonds is 9. The Morgan fingerprint density at radius 3 is 2.00 bits per heavy atom. The highest BCUT2D eigenvalue weighted by atomic mass is 32.1. The van der Waals surface area contributed by atoms with Crippen molar-refractivity contribution in [1.82, 2.24) is 40.4 Å². The number of hydrogen-bond acceptors (Lipinski definition) is 9. The predicted octanol–water partition coefficient (Wildman–Crippen LogP) is 7.02. The number of alkyl carbamates (subject to hydrolysis) is 2. The third-order valence-corrected chi connectivity index (χ3v) is 13.0. The molecule has 0 spiro atoms. The highest BCUT2D eigenvalue weighted by molar-refractivity contribution is 7.19. The summed E-state index contributed by atoms with van der Waals surface area (Å²) in [5, 5.41) is 7.59. The van der Waals surface area contributed by atoms with Crippen molar-refractivity contribution < 1.29 is 28.7 Å². The number of carbonyl (C=O) groups is 4. The van der Waals surface area contributed by atoms with E-state index in [4.69, 9.17) is 19.4 Å². The van der Waals surface area contributed by atoms with Crippen LogP contribution < -0.4 is 10.6 Å². The highest BCUT2D eigenvalue weighted by Gasteiger charge is 2.40. The lowest BCUT2D eigenvalue weighted by molar-refractivity contribution is -0.136. The fourth-order valence-corrected chi connectivity index (χ4v) is 9.93. The van der Waals surface area contributed by atoms with E-state index in [1.807, 2.05) is 43.6 Å². The molecule has 1 aliphatic carbocycles. The van der Waals surface area contributed by atoms with E-state index in [1.54, 1.807) is 11.3 Å². The number of amides is 4. The summed E-state index contributed by atoms with van der Waals surface area (Å²) in [7, 11) is 2.60. The molecule has 3 aliphatic rings. The summed E-state index contributed by atoms with van der Waals surface area (Å²) in [4.78, 5) is 74.9. The minimum Gasteiger partial charge on any atom is -0.453 e. The lowest BCUT2D eigenvalue weighted by atomic mass is 9.98. The number of aromatic nitrogens is 4. The van der Waals surface area contributed by atoms with Crippen LogP contribution in [-0.2, 0) is 31.9 Å². The zero-order chi connectivity index (χ0) is 40.1. The molecule has 0 radical (unpaired) electrons. The third kappa shape index (κ3) is 7.10. The summed E-state index contributed by atoms with van der Waals surface area (Å²) in [6, 6.07) is 11.2. The van der Waals surface area contributed by atoms with Crippen molar-refractivity contribution in [3.05, 3.63) is 59.3 Å². The SMILES string of the molecule is COC(=O)N[C@H](C(=O)N1CCC[C@H]1c1nc2c([nH]1)-c1sc(-c3ccc4c(ccc5nc([C@@H]6CCCN6C(=O)[C@@H](NC(=O)OC)C(C)C)[nH]c54)c3)cc1CC2)C(C)C. The zero-order valence-corrected chi connectivity index (χ0v) is 34.0. The van der Waals surface area contributed by atoms with Crippen LogP contribution in [0.4, 0.5) is 9.59 Å². The van der Waals surface area contributed by atoms with Crippen LogP contribution in [-0.4, -0.2) is 93.1 Å². The van der Waals surface area contributed by atoms with E-state index >= 15 is 0 Å². The van der Waals surface area contributed by atoms with Gasteiger partial charge in [0.25, 0.3) is 0 Å². The number of likely N-dealkylation sites (tertiary alicyclic amines) is 2. The number of hydrogen-bond donors (Lipinski definition) is 4. The second-order valence-electron chi connectivity index (χ2n) is 16.0. The number of benzene rings is 2. The van der Waals surface area contributed by atoms with E-state index in [2.05, 4.69) is 50.9 Å². The first-order chi connectivity index (χ1) is 27.4. The molecule has 3 aromatic heterocycles. The van der Waals surface area contributed by atoms with E-state index in [-0.39, 0.29) is 35.7 Å². The van der Waals surface area contributed by atoms with Gasteiger partial charge in [0.05, 0.1) is 53.6 Å². The molecule has 2 aromatic carbocycles. The Morgan fingerprint density at radius 1 is 0.789 bits per heavy atom. The number of aryl methyl sites for hydroxylation is 2. The van der Waals surface area contributed by atoms with Gasteiger partial charge in [-0.15, -0.1) is 11.3 Å². The number of carbonyl (C=O) groups excluding carboxylic acids is 4. The molecule has 2 saturated heterocycles. The Balaban J connectivity index is 1.04. The molecule has 5 aromatic rings. The van der Waals surface area contributed by atoms with Gasteiger partial charge in [-0.2, -0.15) is 0 Å². The van der Waals surface area contributed by atoms with Crippen molar-refractivity contribution in [2.24, 2.45) is 11.8 Å². The summed E-state index contributed by atoms with van der Waals surface area (Å²) < 4.78 is 9.59. The third-order valence-electron chi connectivity index (χ3n) is 11.7. The first-order valence-electron chi connectivity index (χ1n) is 19.9. The summed E-state index contributed by atoms with van der Waals surface area (Å²) in [5.74, 6) is 1.08. The number of imidazole rings is 2. The molecule has 8 rings (SSSR count). The number of nitrogens with one attached hydrogen (secondary N) is 4. The van der Waals surface area contributed by atoms with Gasteiger partial charge < -0.3 is 39.9 Å². The molecule has 15 heteroatoms. The van der Waals surface area contributed by atoms with Gasteiger partial charge >= 0.3 is 12.2 Å². The first-order valence-corrected chi connectivity index (χ1v) is 20.7. The molecule has 14 nitrogen and oxygen atoms in total. The standard InChI is InChI=1S/C42H50N8O6S/c1-21(2)32(47-41(53)55-5)39(51)49-17-7-9-29(49)37-43-27-15-12-23-19-24(11-14-26(23)34(27)45-37)31-20-25-13-16-28-35(36(25)57-31)46-38(44-28)30-10-8-18-50(30)40(52)33(22(3)4)48-42(54)56-6/h11-12,14-15,19-22,29-30,32-33H,7-10,13,16-18H2,1-6H3,(H,43,45)(H,44,46)(H,47,53)(H,48,54)/t29-,30-,32-,33-/m0/s1. The van der Waals surface area contributed by atoms with Crippen molar-refractivity contribution in [1.29, 1.82) is 0 Å². The number of aromatic amines is 2. The van der Waals surface area contributed by atoms with Crippen LogP contribution in [0.25, 0.3) is 42.8 Å². The lowest BCUT2D eigenvalue weighted by Crippen LogP contribution is -2.51. The number of methoxy groups -OCH3 is 2. The smallest absolute Gasteiger partial charge is 0.407 e. The molecular weight excluding hydrogens is 745 g/mol. The molecule has 0 saturated carbocycles. The predicted molar refractivity (Wildman–Crippen MR) is 218 cm³/mol. The minimum atomic E-state index is -0.694. The molecule has 300 valence electrons. The maximum absolute atomic E-state index is 13.8.